The molecule has 2 amide bonds. The van der Waals surface area contributed by atoms with Crippen LogP contribution in [-0.2, 0) is 14.3 Å². The topological polar surface area (TPSA) is 59.1 Å². The maximum absolute atomic E-state index is 13.2. The van der Waals surface area contributed by atoms with Gasteiger partial charge in [0, 0.05) is 19.0 Å². The average Bonchev–Trinajstić information content (AvgIpc) is 3.22. The van der Waals surface area contributed by atoms with Crippen LogP contribution in [0.5, 0.6) is 5.75 Å². The van der Waals surface area contributed by atoms with Crippen LogP contribution < -0.4 is 4.74 Å². The van der Waals surface area contributed by atoms with E-state index in [2.05, 4.69) is 13.8 Å². The number of hydrogen-bond donors (Lipinski definition) is 0. The fraction of sp³-hybridized carbons (Fsp3) is 0.579. The molecule has 0 N–H and O–H groups in total. The van der Waals surface area contributed by atoms with E-state index in [1.807, 2.05) is 4.90 Å². The number of halogens is 1. The predicted octanol–water partition coefficient (Wildman–Crippen LogP) is 1.79. The minimum atomic E-state index is -0.680. The number of benzene rings is 1. The highest BCUT2D eigenvalue weighted by Crippen LogP contribution is 2.48. The van der Waals surface area contributed by atoms with Gasteiger partial charge in [0.05, 0.1) is 25.1 Å². The summed E-state index contributed by atoms with van der Waals surface area (Å²) in [5.74, 6) is 0.0508. The highest BCUT2D eigenvalue weighted by Gasteiger charge is 2.65. The summed E-state index contributed by atoms with van der Waals surface area (Å²) in [6, 6.07) is 5.49. The summed E-state index contributed by atoms with van der Waals surface area (Å²) in [6.07, 6.45) is 0.910. The van der Waals surface area contributed by atoms with Crippen LogP contribution in [0.3, 0.4) is 0 Å². The van der Waals surface area contributed by atoms with Crippen LogP contribution >= 0.6 is 0 Å². The number of rotatable bonds is 4. The molecule has 6 nitrogen and oxygen atoms in total. The molecule has 1 aromatic rings. The zero-order chi connectivity index (χ0) is 18.5. The van der Waals surface area contributed by atoms with Crippen LogP contribution in [-0.4, -0.2) is 59.2 Å². The third kappa shape index (κ3) is 2.57. The fourth-order valence-corrected chi connectivity index (χ4v) is 4.45. The molecule has 0 radical (unpaired) electrons. The summed E-state index contributed by atoms with van der Waals surface area (Å²) in [6.45, 7) is 5.03. The first-order chi connectivity index (χ1) is 12.4. The molecule has 0 bridgehead atoms. The first-order valence-corrected chi connectivity index (χ1v) is 9.06. The van der Waals surface area contributed by atoms with Crippen molar-refractivity contribution in [1.29, 1.82) is 0 Å². The molecule has 7 heteroatoms. The largest absolute Gasteiger partial charge is 0.484 e. The van der Waals surface area contributed by atoms with Gasteiger partial charge in [0.2, 0.25) is 5.91 Å². The van der Waals surface area contributed by atoms with Gasteiger partial charge in [-0.1, -0.05) is 19.9 Å². The van der Waals surface area contributed by atoms with E-state index in [0.717, 1.165) is 0 Å². The van der Waals surface area contributed by atoms with Crippen LogP contribution in [0, 0.1) is 11.7 Å². The maximum Gasteiger partial charge on any atom is 0.260 e. The van der Waals surface area contributed by atoms with Crippen molar-refractivity contribution in [2.75, 3.05) is 19.8 Å². The standard InChI is InChI=1S/C19H23FN2O4/c1-12(2)15-10-26-19-6-7-21(16(19)9-17(23)22(15)19)18(24)11-25-14-5-3-4-13(20)8-14/h3-5,8,12,15-16H,6-7,9-11H2,1-2H3/t15-,16+,19-/m0/s1. The van der Waals surface area contributed by atoms with Gasteiger partial charge in [-0.15, -0.1) is 0 Å². The van der Waals surface area contributed by atoms with Gasteiger partial charge >= 0.3 is 0 Å². The molecule has 1 spiro atoms. The third-order valence-corrected chi connectivity index (χ3v) is 5.74. The number of ether oxygens (including phenoxy) is 2. The molecule has 3 aliphatic heterocycles. The van der Waals surface area contributed by atoms with Crippen molar-refractivity contribution in [3.8, 4) is 5.75 Å². The number of carbonyl (C=O) groups is 2. The number of hydrogen-bond acceptors (Lipinski definition) is 4. The Morgan fingerprint density at radius 3 is 3.00 bits per heavy atom. The minimum absolute atomic E-state index is 0.0507. The van der Waals surface area contributed by atoms with Crippen molar-refractivity contribution in [2.45, 2.75) is 44.5 Å². The third-order valence-electron chi connectivity index (χ3n) is 5.74. The van der Waals surface area contributed by atoms with E-state index < -0.39 is 11.5 Å². The Morgan fingerprint density at radius 1 is 1.46 bits per heavy atom. The summed E-state index contributed by atoms with van der Waals surface area (Å²) in [7, 11) is 0. The molecule has 3 atom stereocenters. The molecule has 0 unspecified atom stereocenters. The maximum atomic E-state index is 13.2. The molecule has 26 heavy (non-hydrogen) atoms. The van der Waals surface area contributed by atoms with Gasteiger partial charge in [-0.05, 0) is 18.1 Å². The molecule has 1 aromatic carbocycles. The van der Waals surface area contributed by atoms with Crippen molar-refractivity contribution in [1.82, 2.24) is 9.80 Å². The normalized spacial score (nSPS) is 30.1. The molecular formula is C19H23FN2O4. The van der Waals surface area contributed by atoms with E-state index >= 15 is 0 Å². The average molecular weight is 362 g/mol. The molecule has 3 heterocycles. The van der Waals surface area contributed by atoms with E-state index in [1.54, 1.807) is 11.0 Å². The number of likely N-dealkylation sites (tertiary alicyclic amines) is 1. The number of nitrogens with zero attached hydrogens (tertiary/aromatic N) is 2. The highest BCUT2D eigenvalue weighted by atomic mass is 19.1. The van der Waals surface area contributed by atoms with Crippen molar-refractivity contribution in [3.05, 3.63) is 30.1 Å². The molecule has 0 aromatic heterocycles. The first kappa shape index (κ1) is 17.3. The molecular weight excluding hydrogens is 339 g/mol. The van der Waals surface area contributed by atoms with Crippen molar-refractivity contribution in [3.63, 3.8) is 0 Å². The Balaban J connectivity index is 1.47. The molecule has 0 saturated carbocycles. The Bertz CT molecular complexity index is 740. The highest BCUT2D eigenvalue weighted by molar-refractivity contribution is 5.85. The Labute approximate surface area is 151 Å². The quantitative estimate of drug-likeness (QED) is 0.819. The smallest absolute Gasteiger partial charge is 0.260 e. The molecule has 140 valence electrons. The van der Waals surface area contributed by atoms with Gasteiger partial charge in [-0.2, -0.15) is 0 Å². The Morgan fingerprint density at radius 2 is 2.27 bits per heavy atom. The van der Waals surface area contributed by atoms with Crippen LogP contribution in [0.2, 0.25) is 0 Å². The van der Waals surface area contributed by atoms with E-state index in [9.17, 15) is 14.0 Å². The Hall–Kier alpha value is -2.15. The number of carbonyl (C=O) groups excluding carboxylic acids is 2. The second-order valence-electron chi connectivity index (χ2n) is 7.53. The molecule has 4 rings (SSSR count). The zero-order valence-electron chi connectivity index (χ0n) is 15.0. The minimum Gasteiger partial charge on any atom is -0.484 e. The van der Waals surface area contributed by atoms with Gasteiger partial charge < -0.3 is 19.3 Å². The van der Waals surface area contributed by atoms with Crippen molar-refractivity contribution in [2.24, 2.45) is 5.92 Å². The lowest BCUT2D eigenvalue weighted by Crippen LogP contribution is -2.51. The summed E-state index contributed by atoms with van der Waals surface area (Å²) < 4.78 is 24.8. The lowest BCUT2D eigenvalue weighted by atomic mass is 10.0. The van der Waals surface area contributed by atoms with Crippen LogP contribution in [0.15, 0.2) is 24.3 Å². The SMILES string of the molecule is CC(C)[C@@H]1CO[C@@]23CCN(C(=O)COc4cccc(F)c4)[C@@H]2CC(=O)N13. The monoisotopic (exact) mass is 362 g/mol. The predicted molar refractivity (Wildman–Crippen MR) is 90.8 cm³/mol. The first-order valence-electron chi connectivity index (χ1n) is 9.06. The van der Waals surface area contributed by atoms with E-state index in [1.165, 1.54) is 18.2 Å². The summed E-state index contributed by atoms with van der Waals surface area (Å²) >= 11 is 0. The van der Waals surface area contributed by atoms with Gasteiger partial charge in [-0.25, -0.2) is 4.39 Å². The lowest BCUT2D eigenvalue weighted by Gasteiger charge is -2.34. The summed E-state index contributed by atoms with van der Waals surface area (Å²) in [5, 5.41) is 0. The lowest BCUT2D eigenvalue weighted by molar-refractivity contribution is -0.142. The van der Waals surface area contributed by atoms with Gasteiger partial charge in [-0.3, -0.25) is 9.59 Å². The molecule has 3 aliphatic rings. The van der Waals surface area contributed by atoms with Crippen molar-refractivity contribution < 1.29 is 23.5 Å². The second kappa shape index (κ2) is 6.23. The van der Waals surface area contributed by atoms with E-state index in [0.29, 0.717) is 31.2 Å². The zero-order valence-corrected chi connectivity index (χ0v) is 15.0. The van der Waals surface area contributed by atoms with E-state index in [4.69, 9.17) is 9.47 Å². The van der Waals surface area contributed by atoms with Crippen LogP contribution in [0.25, 0.3) is 0 Å². The van der Waals surface area contributed by atoms with Crippen LogP contribution in [0.4, 0.5) is 4.39 Å². The summed E-state index contributed by atoms with van der Waals surface area (Å²) in [5.41, 5.74) is -0.680. The Kier molecular flexibility index (Phi) is 4.14. The summed E-state index contributed by atoms with van der Waals surface area (Å²) in [4.78, 5) is 28.8. The van der Waals surface area contributed by atoms with Gasteiger partial charge in [0.1, 0.15) is 11.6 Å². The van der Waals surface area contributed by atoms with Crippen LogP contribution in [0.1, 0.15) is 26.7 Å². The van der Waals surface area contributed by atoms with Gasteiger partial charge in [0.25, 0.3) is 5.91 Å². The van der Waals surface area contributed by atoms with Gasteiger partial charge in [0.15, 0.2) is 12.3 Å². The molecule has 0 aliphatic carbocycles. The molecule has 3 saturated heterocycles. The van der Waals surface area contributed by atoms with E-state index in [-0.39, 0.29) is 36.9 Å². The molecule has 3 fully saturated rings. The van der Waals surface area contributed by atoms with Crippen molar-refractivity contribution >= 4 is 11.8 Å². The fourth-order valence-electron chi connectivity index (χ4n) is 4.45. The number of amides is 2. The second-order valence-corrected chi connectivity index (χ2v) is 7.53.